The van der Waals surface area contributed by atoms with Gasteiger partial charge in [-0.15, -0.1) is 0 Å². The Kier molecular flexibility index (Phi) is 14.9. The van der Waals surface area contributed by atoms with Gasteiger partial charge in [0.15, 0.2) is 11.4 Å². The molecule has 8 aromatic carbocycles. The number of cyclic esters (lactones) is 2. The Morgan fingerprint density at radius 2 is 1.16 bits per heavy atom. The second-order valence-corrected chi connectivity index (χ2v) is 21.6. The molecule has 0 saturated heterocycles. The van der Waals surface area contributed by atoms with Crippen molar-refractivity contribution in [1.29, 1.82) is 0 Å². The van der Waals surface area contributed by atoms with Crippen molar-refractivity contribution in [2.45, 2.75) is 74.0 Å². The highest BCUT2D eigenvalue weighted by Crippen LogP contribution is 2.47. The summed E-state index contributed by atoms with van der Waals surface area (Å²) in [4.78, 5) is 69.3. The van der Waals surface area contributed by atoms with E-state index in [0.29, 0.717) is 74.6 Å². The van der Waals surface area contributed by atoms with Gasteiger partial charge >= 0.3 is 37.1 Å². The molecule has 0 aliphatic carbocycles. The Balaban J connectivity index is 0.779. The lowest BCUT2D eigenvalue weighted by Crippen LogP contribution is -2.41. The summed E-state index contributed by atoms with van der Waals surface area (Å²) >= 11 is 0. The van der Waals surface area contributed by atoms with E-state index in [1.54, 1.807) is 58.0 Å². The molecule has 12 nitrogen and oxygen atoms in total. The van der Waals surface area contributed by atoms with Crippen LogP contribution in [0.25, 0.3) is 27.5 Å². The third-order valence-electron chi connectivity index (χ3n) is 16.3. The number of allylic oxidation sites excluding steroid dienone is 1. The summed E-state index contributed by atoms with van der Waals surface area (Å²) in [5.41, 5.74) is 14.1. The minimum Gasteiger partial charge on any atom is -0.457 e. The summed E-state index contributed by atoms with van der Waals surface area (Å²) in [5.74, 6) is -2.51. The molecule has 1 aromatic heterocycles. The minimum absolute atomic E-state index is 0.0341. The molecule has 0 unspecified atom stereocenters. The predicted molar refractivity (Wildman–Crippen MR) is 326 cm³/mol. The average Bonchev–Trinajstić information content (AvgIpc) is 1.62. The van der Waals surface area contributed by atoms with Crippen molar-refractivity contribution >= 4 is 76.2 Å². The van der Waals surface area contributed by atoms with Crippen LogP contribution in [0.5, 0.6) is 5.75 Å². The van der Waals surface area contributed by atoms with Crippen LogP contribution >= 0.6 is 0 Å². The number of aromatic nitrogens is 1. The molecule has 0 bridgehead atoms. The smallest absolute Gasteiger partial charge is 0.457 e. The van der Waals surface area contributed by atoms with Gasteiger partial charge in [0.2, 0.25) is 0 Å². The molecule has 0 spiro atoms. The van der Waals surface area contributed by atoms with Crippen molar-refractivity contribution in [2.75, 3.05) is 4.90 Å². The van der Waals surface area contributed by atoms with Crippen LogP contribution in [0.3, 0.4) is 0 Å². The molecular formula is C71H58BFN3O9+. The van der Waals surface area contributed by atoms with E-state index in [4.69, 9.17) is 18.9 Å². The molecule has 14 heteroatoms. The fourth-order valence-electron chi connectivity index (χ4n) is 12.3. The van der Waals surface area contributed by atoms with Gasteiger partial charge in [-0.1, -0.05) is 121 Å². The standard InChI is InChI=1S/C71H58BFN3O9/c1-42-38-55(84-60(77)27-16-22-48-28-32-53(33-29-48)74(52-23-14-9-15-24-52)54-34-30-51(31-35-54)56-36-37-59-64-57(56)25-17-26-58(64)68(78)85-69(59)79)39-43(2)61(42)65-66-44(3)62(70(80)82-40-49-18-10-7-11-19-49)46(5)75(66)72(73)76-47(6)63(45(4)67(65)76)71(81)83-41-50-20-12-8-13-21-50/h7-15,17-21,23-26,28-39H,16,22,27,40-41H2,1-6H3/q+1. The van der Waals surface area contributed by atoms with Crippen molar-refractivity contribution < 1.29 is 51.7 Å². The lowest BCUT2D eigenvalue weighted by molar-refractivity contribution is -0.337. The molecular weight excluding hydrogens is 1070 g/mol. The zero-order valence-electron chi connectivity index (χ0n) is 47.8. The highest BCUT2D eigenvalue weighted by atomic mass is 19.1. The van der Waals surface area contributed by atoms with Gasteiger partial charge in [-0.05, 0) is 164 Å². The monoisotopic (exact) mass is 1130 g/mol. The van der Waals surface area contributed by atoms with Crippen LogP contribution < -0.4 is 9.64 Å². The number of benzene rings is 8. The second-order valence-electron chi connectivity index (χ2n) is 21.6. The van der Waals surface area contributed by atoms with Gasteiger partial charge in [-0.25, -0.2) is 28.0 Å². The first-order chi connectivity index (χ1) is 41.2. The number of ether oxygens (including phenoxy) is 4. The molecule has 0 radical (unpaired) electrons. The van der Waals surface area contributed by atoms with Gasteiger partial charge in [0.25, 0.3) is 0 Å². The van der Waals surface area contributed by atoms with Crippen molar-refractivity contribution in [2.24, 2.45) is 0 Å². The number of fused-ring (bicyclic) bond motifs is 2. The van der Waals surface area contributed by atoms with Gasteiger partial charge in [-0.2, -0.15) is 0 Å². The maximum absolute atomic E-state index is 17.7. The summed E-state index contributed by atoms with van der Waals surface area (Å²) < 4.78 is 43.4. The van der Waals surface area contributed by atoms with E-state index in [1.165, 1.54) is 8.96 Å². The lowest BCUT2D eigenvalue weighted by Gasteiger charge is -2.26. The van der Waals surface area contributed by atoms with Crippen LogP contribution in [0.4, 0.5) is 21.4 Å². The Morgan fingerprint density at radius 1 is 0.612 bits per heavy atom. The Bertz CT molecular complexity index is 4280. The first-order valence-corrected chi connectivity index (χ1v) is 28.2. The molecule has 0 atom stereocenters. The molecule has 420 valence electrons. The van der Waals surface area contributed by atoms with Crippen LogP contribution in [0.2, 0.25) is 0 Å². The molecule has 9 aromatic rings. The number of rotatable bonds is 16. The fourth-order valence-corrected chi connectivity index (χ4v) is 12.3. The van der Waals surface area contributed by atoms with Crippen LogP contribution in [0.15, 0.2) is 199 Å². The molecule has 0 amide bonds. The number of anilines is 3. The number of esters is 5. The average molecular weight is 1130 g/mol. The van der Waals surface area contributed by atoms with Gasteiger partial charge < -0.3 is 23.8 Å². The van der Waals surface area contributed by atoms with E-state index in [0.717, 1.165) is 67.0 Å². The fraction of sp³-hybridized carbons (Fsp3) is 0.155. The Labute approximate surface area is 491 Å². The number of nitrogens with zero attached hydrogens (tertiary/aromatic N) is 3. The van der Waals surface area contributed by atoms with E-state index in [1.807, 2.05) is 117 Å². The number of carbonyl (C=O) groups excluding carboxylic acids is 5. The van der Waals surface area contributed by atoms with E-state index >= 15 is 4.32 Å². The highest BCUT2D eigenvalue weighted by molar-refractivity contribution is 6.45. The Hall–Kier alpha value is -10.2. The first-order valence-electron chi connectivity index (χ1n) is 28.2. The molecule has 12 rings (SSSR count). The maximum Gasteiger partial charge on any atom is 0.846 e. The van der Waals surface area contributed by atoms with Crippen molar-refractivity contribution in [1.82, 2.24) is 4.48 Å². The maximum atomic E-state index is 17.7. The third-order valence-corrected chi connectivity index (χ3v) is 16.3. The largest absolute Gasteiger partial charge is 0.846 e. The molecule has 0 fully saturated rings. The van der Waals surface area contributed by atoms with Gasteiger partial charge in [0.1, 0.15) is 24.5 Å². The van der Waals surface area contributed by atoms with Crippen LogP contribution in [-0.2, 0) is 43.4 Å². The number of carbonyl (C=O) groups is 5. The number of para-hydroxylation sites is 1. The zero-order valence-corrected chi connectivity index (χ0v) is 47.8. The van der Waals surface area contributed by atoms with E-state index in [-0.39, 0.29) is 30.8 Å². The quantitative estimate of drug-likeness (QED) is 0.0303. The van der Waals surface area contributed by atoms with E-state index < -0.39 is 37.1 Å². The number of hydrogen-bond acceptors (Lipinski definition) is 10. The minimum atomic E-state index is -1.84. The summed E-state index contributed by atoms with van der Waals surface area (Å²) in [6, 6.07) is 57.8. The molecule has 3 aliphatic rings. The number of hydrogen-bond donors (Lipinski definition) is 0. The SMILES string of the molecule is CC1=C(C(=O)OCc2ccccc2)C(C)=[N+]2B(F)n3c(C)c(C(=O)OCc4ccccc4)c(C)c3C(c3c(C)cc(OC(=O)CCCc4ccc(N(c5ccccc5)c5ccc(-c6ccc7c8c(cccc68)C(=O)OC7=O)cc5)cc4)cc3C)=C12. The summed E-state index contributed by atoms with van der Waals surface area (Å²) in [6.45, 7) is 10.9. The first kappa shape index (κ1) is 55.3. The molecule has 4 heterocycles. The van der Waals surface area contributed by atoms with E-state index in [9.17, 15) is 24.0 Å². The second kappa shape index (κ2) is 22.9. The number of aryl methyl sites for hydroxylation is 3. The highest BCUT2D eigenvalue weighted by Gasteiger charge is 2.56. The van der Waals surface area contributed by atoms with Crippen molar-refractivity contribution in [3.63, 3.8) is 0 Å². The summed E-state index contributed by atoms with van der Waals surface area (Å²) in [7, 11) is -1.84. The Morgan fingerprint density at radius 3 is 1.79 bits per heavy atom. The van der Waals surface area contributed by atoms with Crippen molar-refractivity contribution in [3.05, 3.63) is 266 Å². The van der Waals surface area contributed by atoms with Gasteiger partial charge in [0.05, 0.1) is 28.0 Å². The van der Waals surface area contributed by atoms with Gasteiger partial charge in [-0.3, -0.25) is 9.27 Å². The molecule has 0 saturated carbocycles. The molecule has 0 N–H and O–H groups in total. The zero-order chi connectivity index (χ0) is 59.2. The summed E-state index contributed by atoms with van der Waals surface area (Å²) in [6.07, 6.45) is 1.31. The third kappa shape index (κ3) is 10.2. The normalized spacial score (nSPS) is 13.5. The summed E-state index contributed by atoms with van der Waals surface area (Å²) in [5, 5.41) is 1.39. The number of halogens is 1. The lowest BCUT2D eigenvalue weighted by atomic mass is 9.83. The topological polar surface area (TPSA) is 133 Å². The predicted octanol–water partition coefficient (Wildman–Crippen LogP) is 14.7. The molecule has 85 heavy (non-hydrogen) atoms. The van der Waals surface area contributed by atoms with Gasteiger partial charge in [0, 0.05) is 47.1 Å². The van der Waals surface area contributed by atoms with E-state index in [2.05, 4.69) is 53.4 Å². The van der Waals surface area contributed by atoms with Crippen molar-refractivity contribution in [3.8, 4) is 16.9 Å². The van der Waals surface area contributed by atoms with Crippen LogP contribution in [-0.4, -0.2) is 51.8 Å². The van der Waals surface area contributed by atoms with Crippen LogP contribution in [0, 0.1) is 27.7 Å². The molecule has 3 aliphatic heterocycles. The van der Waals surface area contributed by atoms with Crippen LogP contribution in [0.1, 0.15) is 108 Å².